The number of fused-ring (bicyclic) bond motifs is 1. The maximum absolute atomic E-state index is 13.3. The number of hydrogen-bond donors (Lipinski definition) is 0. The van der Waals surface area contributed by atoms with Crippen molar-refractivity contribution < 1.29 is 4.74 Å². The molecule has 4 aromatic rings. The van der Waals surface area contributed by atoms with Crippen LogP contribution in [0.4, 0.5) is 0 Å². The first-order chi connectivity index (χ1) is 14.7. The van der Waals surface area contributed by atoms with Crippen molar-refractivity contribution in [2.75, 3.05) is 12.4 Å². The zero-order valence-electron chi connectivity index (χ0n) is 16.7. The standard InChI is InChI=1S/C24H22N2O2S2/c1-3-12-26-23(27)21-20(18-9-5-4-6-10-18)16-30-22(21)25-24(26)29-14-13-28-19-11-7-8-17(2)15-19/h3-11,15-16H,1,12-14H2,2H3. The fourth-order valence-electron chi connectivity index (χ4n) is 3.23. The van der Waals surface area contributed by atoms with Crippen LogP contribution in [0.15, 0.2) is 82.6 Å². The number of aryl methyl sites for hydroxylation is 1. The van der Waals surface area contributed by atoms with E-state index < -0.39 is 0 Å². The van der Waals surface area contributed by atoms with Crippen molar-refractivity contribution in [1.82, 2.24) is 9.55 Å². The van der Waals surface area contributed by atoms with Gasteiger partial charge >= 0.3 is 0 Å². The van der Waals surface area contributed by atoms with Crippen LogP contribution in [0.1, 0.15) is 5.56 Å². The first-order valence-electron chi connectivity index (χ1n) is 9.68. The summed E-state index contributed by atoms with van der Waals surface area (Å²) in [6, 6.07) is 18.0. The maximum atomic E-state index is 13.3. The van der Waals surface area contributed by atoms with E-state index in [1.807, 2.05) is 66.9 Å². The van der Waals surface area contributed by atoms with Crippen molar-refractivity contribution in [2.45, 2.75) is 18.6 Å². The normalized spacial score (nSPS) is 11.0. The van der Waals surface area contributed by atoms with E-state index >= 15 is 0 Å². The lowest BCUT2D eigenvalue weighted by molar-refractivity contribution is 0.343. The summed E-state index contributed by atoms with van der Waals surface area (Å²) in [7, 11) is 0. The molecule has 2 heterocycles. The first kappa shape index (κ1) is 20.4. The Labute approximate surface area is 183 Å². The predicted octanol–water partition coefficient (Wildman–Crippen LogP) is 5.79. The van der Waals surface area contributed by atoms with Crippen LogP contribution in [0.5, 0.6) is 5.75 Å². The summed E-state index contributed by atoms with van der Waals surface area (Å²) in [5.74, 6) is 1.55. The van der Waals surface area contributed by atoms with Crippen molar-refractivity contribution in [1.29, 1.82) is 0 Å². The van der Waals surface area contributed by atoms with E-state index in [0.717, 1.165) is 21.7 Å². The summed E-state index contributed by atoms with van der Waals surface area (Å²) < 4.78 is 7.53. The highest BCUT2D eigenvalue weighted by molar-refractivity contribution is 7.99. The number of thioether (sulfide) groups is 1. The lowest BCUT2D eigenvalue weighted by Crippen LogP contribution is -2.22. The summed E-state index contributed by atoms with van der Waals surface area (Å²) in [6.07, 6.45) is 1.73. The Bertz CT molecular complexity index is 1230. The second kappa shape index (κ2) is 9.32. The third-order valence-electron chi connectivity index (χ3n) is 4.63. The lowest BCUT2D eigenvalue weighted by Gasteiger charge is -2.11. The highest BCUT2D eigenvalue weighted by atomic mass is 32.2. The van der Waals surface area contributed by atoms with E-state index in [4.69, 9.17) is 9.72 Å². The van der Waals surface area contributed by atoms with Gasteiger partial charge in [0.05, 0.1) is 12.0 Å². The van der Waals surface area contributed by atoms with Gasteiger partial charge in [-0.05, 0) is 30.2 Å². The average Bonchev–Trinajstić information content (AvgIpc) is 3.18. The van der Waals surface area contributed by atoms with E-state index in [1.165, 1.54) is 28.7 Å². The molecular weight excluding hydrogens is 412 g/mol. The zero-order valence-corrected chi connectivity index (χ0v) is 18.3. The van der Waals surface area contributed by atoms with Gasteiger partial charge in [-0.3, -0.25) is 9.36 Å². The van der Waals surface area contributed by atoms with E-state index in [-0.39, 0.29) is 5.56 Å². The molecule has 2 aromatic carbocycles. The molecule has 0 radical (unpaired) electrons. The van der Waals surface area contributed by atoms with Crippen LogP contribution in [0, 0.1) is 6.92 Å². The molecule has 0 spiro atoms. The number of benzene rings is 2. The van der Waals surface area contributed by atoms with Gasteiger partial charge in [0.2, 0.25) is 0 Å². The molecule has 2 aromatic heterocycles. The number of allylic oxidation sites excluding steroid dienone is 1. The van der Waals surface area contributed by atoms with Gasteiger partial charge in [-0.25, -0.2) is 4.98 Å². The Morgan fingerprint density at radius 3 is 2.80 bits per heavy atom. The van der Waals surface area contributed by atoms with Crippen LogP contribution < -0.4 is 10.3 Å². The van der Waals surface area contributed by atoms with Crippen LogP contribution in [-0.2, 0) is 6.54 Å². The molecule has 4 rings (SSSR count). The van der Waals surface area contributed by atoms with Crippen molar-refractivity contribution in [3.05, 3.63) is 88.5 Å². The molecule has 4 nitrogen and oxygen atoms in total. The molecule has 0 atom stereocenters. The summed E-state index contributed by atoms with van der Waals surface area (Å²) in [5, 5.41) is 3.39. The quantitative estimate of drug-likeness (QED) is 0.152. The Hall–Kier alpha value is -2.83. The smallest absolute Gasteiger partial charge is 0.263 e. The number of ether oxygens (including phenoxy) is 1. The minimum Gasteiger partial charge on any atom is -0.493 e. The van der Waals surface area contributed by atoms with Gasteiger partial charge < -0.3 is 4.74 Å². The molecule has 0 unspecified atom stereocenters. The first-order valence-corrected chi connectivity index (χ1v) is 11.5. The molecule has 0 N–H and O–H groups in total. The highest BCUT2D eigenvalue weighted by Crippen LogP contribution is 2.32. The molecule has 0 amide bonds. The van der Waals surface area contributed by atoms with Gasteiger partial charge in [0.1, 0.15) is 10.6 Å². The molecule has 0 fully saturated rings. The fourth-order valence-corrected chi connectivity index (χ4v) is 5.05. The van der Waals surface area contributed by atoms with Crippen LogP contribution in [-0.4, -0.2) is 21.9 Å². The number of nitrogens with zero attached hydrogens (tertiary/aromatic N) is 2. The Kier molecular flexibility index (Phi) is 6.35. The minimum absolute atomic E-state index is 0.0258. The Balaban J connectivity index is 1.59. The van der Waals surface area contributed by atoms with Crippen molar-refractivity contribution in [2.24, 2.45) is 0 Å². The van der Waals surface area contributed by atoms with Gasteiger partial charge in [0, 0.05) is 23.2 Å². The molecule has 0 aliphatic heterocycles. The number of aromatic nitrogens is 2. The second-order valence-electron chi connectivity index (χ2n) is 6.81. The van der Waals surface area contributed by atoms with Crippen molar-refractivity contribution in [3.63, 3.8) is 0 Å². The Morgan fingerprint density at radius 1 is 1.20 bits per heavy atom. The highest BCUT2D eigenvalue weighted by Gasteiger charge is 2.16. The summed E-state index contributed by atoms with van der Waals surface area (Å²) in [5.41, 5.74) is 3.10. The summed E-state index contributed by atoms with van der Waals surface area (Å²) >= 11 is 3.04. The fraction of sp³-hybridized carbons (Fsp3) is 0.167. The predicted molar refractivity (Wildman–Crippen MR) is 127 cm³/mol. The SMILES string of the molecule is C=CCn1c(SCCOc2cccc(C)c2)nc2scc(-c3ccccc3)c2c1=O. The summed E-state index contributed by atoms with van der Waals surface area (Å²) in [6.45, 7) is 6.81. The van der Waals surface area contributed by atoms with Gasteiger partial charge in [-0.2, -0.15) is 0 Å². The second-order valence-corrected chi connectivity index (χ2v) is 8.73. The van der Waals surface area contributed by atoms with Gasteiger partial charge in [-0.15, -0.1) is 17.9 Å². The molecule has 0 saturated carbocycles. The van der Waals surface area contributed by atoms with Crippen LogP contribution in [0.25, 0.3) is 21.3 Å². The topological polar surface area (TPSA) is 44.1 Å². The third kappa shape index (κ3) is 4.35. The van der Waals surface area contributed by atoms with Crippen molar-refractivity contribution >= 4 is 33.3 Å². The zero-order chi connectivity index (χ0) is 20.9. The summed E-state index contributed by atoms with van der Waals surface area (Å²) in [4.78, 5) is 18.9. The molecule has 152 valence electrons. The molecule has 0 bridgehead atoms. The Morgan fingerprint density at radius 2 is 2.03 bits per heavy atom. The minimum atomic E-state index is -0.0258. The molecule has 0 aliphatic carbocycles. The van der Waals surface area contributed by atoms with E-state index in [1.54, 1.807) is 10.6 Å². The number of rotatable bonds is 8. The largest absolute Gasteiger partial charge is 0.493 e. The average molecular weight is 435 g/mol. The molecule has 30 heavy (non-hydrogen) atoms. The van der Waals surface area contributed by atoms with E-state index in [0.29, 0.717) is 29.4 Å². The molecular formula is C24H22N2O2S2. The van der Waals surface area contributed by atoms with Gasteiger partial charge in [0.25, 0.3) is 5.56 Å². The van der Waals surface area contributed by atoms with Gasteiger partial charge in [-0.1, -0.05) is 60.3 Å². The maximum Gasteiger partial charge on any atom is 0.263 e. The number of hydrogen-bond acceptors (Lipinski definition) is 5. The van der Waals surface area contributed by atoms with Crippen LogP contribution in [0.3, 0.4) is 0 Å². The number of thiophene rings is 1. The van der Waals surface area contributed by atoms with E-state index in [2.05, 4.69) is 6.58 Å². The van der Waals surface area contributed by atoms with Gasteiger partial charge in [0.15, 0.2) is 5.16 Å². The van der Waals surface area contributed by atoms with E-state index in [9.17, 15) is 4.79 Å². The molecule has 0 aliphatic rings. The molecule has 6 heteroatoms. The third-order valence-corrected chi connectivity index (χ3v) is 6.44. The van der Waals surface area contributed by atoms with Crippen LogP contribution in [0.2, 0.25) is 0 Å². The molecule has 0 saturated heterocycles. The monoisotopic (exact) mass is 434 g/mol. The lowest BCUT2D eigenvalue weighted by atomic mass is 10.1. The van der Waals surface area contributed by atoms with Crippen molar-refractivity contribution in [3.8, 4) is 16.9 Å². The van der Waals surface area contributed by atoms with Crippen LogP contribution >= 0.6 is 23.1 Å².